The summed E-state index contributed by atoms with van der Waals surface area (Å²) in [7, 11) is 1.86. The molecule has 0 aliphatic carbocycles. The first-order valence-electron chi connectivity index (χ1n) is 9.66. The van der Waals surface area contributed by atoms with E-state index in [0.717, 1.165) is 11.0 Å². The number of thiazole rings is 1. The third-order valence-electron chi connectivity index (χ3n) is 5.06. The lowest BCUT2D eigenvalue weighted by molar-refractivity contribution is 0.556. The van der Waals surface area contributed by atoms with Crippen LogP contribution in [0.3, 0.4) is 0 Å². The number of para-hydroxylation sites is 2. The molecule has 5 rings (SSSR count). The highest BCUT2D eigenvalue weighted by atomic mass is 35.5. The molecule has 0 saturated carbocycles. The van der Waals surface area contributed by atoms with Gasteiger partial charge in [-0.2, -0.15) is 5.26 Å². The lowest BCUT2D eigenvalue weighted by atomic mass is 10.3. The maximum atomic E-state index is 13.4. The smallest absolute Gasteiger partial charge is 0.273 e. The fourth-order valence-corrected chi connectivity index (χ4v) is 4.75. The third-order valence-corrected chi connectivity index (χ3v) is 6.41. The van der Waals surface area contributed by atoms with Crippen molar-refractivity contribution in [2.45, 2.75) is 0 Å². The van der Waals surface area contributed by atoms with Crippen molar-refractivity contribution in [1.29, 1.82) is 5.26 Å². The number of imidazole rings is 1. The summed E-state index contributed by atoms with van der Waals surface area (Å²) in [6.45, 7) is 0. The number of rotatable bonds is 3. The zero-order chi connectivity index (χ0) is 22.2. The van der Waals surface area contributed by atoms with Gasteiger partial charge in [-0.1, -0.05) is 23.7 Å². The van der Waals surface area contributed by atoms with Gasteiger partial charge in [-0.3, -0.25) is 9.36 Å². The monoisotopic (exact) mass is 458 g/mol. The minimum Gasteiger partial charge on any atom is -0.465 e. The zero-order valence-electron chi connectivity index (χ0n) is 16.8. The molecular formula is C24H15ClN4O2S. The molecule has 0 aliphatic rings. The first-order chi connectivity index (χ1) is 15.6. The van der Waals surface area contributed by atoms with Gasteiger partial charge in [0.1, 0.15) is 22.1 Å². The maximum absolute atomic E-state index is 13.4. The van der Waals surface area contributed by atoms with E-state index >= 15 is 0 Å². The molecule has 6 nitrogen and oxygen atoms in total. The molecule has 0 bridgehead atoms. The Morgan fingerprint density at radius 2 is 1.94 bits per heavy atom. The second kappa shape index (κ2) is 8.00. The number of hydrogen-bond acceptors (Lipinski definition) is 5. The molecule has 0 unspecified atom stereocenters. The highest BCUT2D eigenvalue weighted by Gasteiger charge is 2.18. The van der Waals surface area contributed by atoms with Crippen LogP contribution in [0.5, 0.6) is 0 Å². The van der Waals surface area contributed by atoms with Crippen LogP contribution in [0.1, 0.15) is 11.6 Å². The summed E-state index contributed by atoms with van der Waals surface area (Å²) >= 11 is 7.27. The summed E-state index contributed by atoms with van der Waals surface area (Å²) in [5.41, 5.74) is 2.33. The van der Waals surface area contributed by atoms with E-state index in [2.05, 4.69) is 11.1 Å². The molecule has 0 aliphatic heterocycles. The van der Waals surface area contributed by atoms with Gasteiger partial charge >= 0.3 is 0 Å². The lowest BCUT2D eigenvalue weighted by Gasteiger charge is -2.05. The number of aryl methyl sites for hydroxylation is 1. The van der Waals surface area contributed by atoms with Crippen molar-refractivity contribution < 1.29 is 4.42 Å². The summed E-state index contributed by atoms with van der Waals surface area (Å²) in [5.74, 6) is 1.04. The van der Waals surface area contributed by atoms with E-state index in [1.807, 2.05) is 35.9 Å². The largest absolute Gasteiger partial charge is 0.465 e. The van der Waals surface area contributed by atoms with Crippen molar-refractivity contribution in [3.05, 3.63) is 103 Å². The Morgan fingerprint density at radius 1 is 1.16 bits per heavy atom. The van der Waals surface area contributed by atoms with Crippen LogP contribution < -0.4 is 14.8 Å². The van der Waals surface area contributed by atoms with Crippen LogP contribution in [0, 0.1) is 11.3 Å². The number of fused-ring (bicyclic) bond motifs is 1. The van der Waals surface area contributed by atoms with Gasteiger partial charge in [-0.05, 0) is 48.5 Å². The molecule has 0 spiro atoms. The summed E-state index contributed by atoms with van der Waals surface area (Å²) in [5, 5.41) is 10.7. The molecule has 0 amide bonds. The van der Waals surface area contributed by atoms with Crippen molar-refractivity contribution in [3.63, 3.8) is 0 Å². The normalized spacial score (nSPS) is 12.8. The minimum absolute atomic E-state index is 0.254. The lowest BCUT2D eigenvalue weighted by Crippen LogP contribution is -2.31. The first-order valence-corrected chi connectivity index (χ1v) is 10.9. The van der Waals surface area contributed by atoms with E-state index in [1.165, 1.54) is 15.9 Å². The van der Waals surface area contributed by atoms with E-state index in [0.29, 0.717) is 37.1 Å². The fourth-order valence-electron chi connectivity index (χ4n) is 3.54. The van der Waals surface area contributed by atoms with E-state index < -0.39 is 0 Å². The van der Waals surface area contributed by atoms with Crippen molar-refractivity contribution >= 4 is 45.6 Å². The molecule has 3 aromatic heterocycles. The first kappa shape index (κ1) is 20.1. The van der Waals surface area contributed by atoms with Crippen LogP contribution in [0.4, 0.5) is 0 Å². The number of nitriles is 1. The fraction of sp³-hybridized carbons (Fsp3) is 0.0417. The molecule has 8 heteroatoms. The van der Waals surface area contributed by atoms with Gasteiger partial charge in [0.05, 0.1) is 27.5 Å². The number of nitrogens with zero attached hydrogens (tertiary/aromatic N) is 4. The average Bonchev–Trinajstić information content (AvgIpc) is 3.51. The third kappa shape index (κ3) is 3.36. The van der Waals surface area contributed by atoms with Crippen molar-refractivity contribution in [3.8, 4) is 11.8 Å². The SMILES string of the molecule is Cn1c(/C(C#N)=c2/s/c(=C\c3ccco3)c(=O)n2-c2ccc(Cl)cc2)nc2ccccc21. The number of aromatic nitrogens is 3. The van der Waals surface area contributed by atoms with Crippen molar-refractivity contribution in [2.24, 2.45) is 7.05 Å². The molecule has 156 valence electrons. The number of hydrogen-bond donors (Lipinski definition) is 0. The average molecular weight is 459 g/mol. The van der Waals surface area contributed by atoms with Gasteiger partial charge in [-0.25, -0.2) is 4.98 Å². The van der Waals surface area contributed by atoms with Crippen LogP contribution in [0.15, 0.2) is 76.1 Å². The molecule has 0 saturated heterocycles. The Bertz CT molecular complexity index is 1670. The Balaban J connectivity index is 1.90. The van der Waals surface area contributed by atoms with Gasteiger partial charge in [0.2, 0.25) is 0 Å². The topological polar surface area (TPSA) is 76.8 Å². The second-order valence-corrected chi connectivity index (χ2v) is 8.49. The molecular weight excluding hydrogens is 444 g/mol. The van der Waals surface area contributed by atoms with Crippen LogP contribution in [-0.4, -0.2) is 14.1 Å². The molecule has 32 heavy (non-hydrogen) atoms. The predicted octanol–water partition coefficient (Wildman–Crippen LogP) is 3.58. The highest BCUT2D eigenvalue weighted by Crippen LogP contribution is 2.19. The van der Waals surface area contributed by atoms with Gasteiger partial charge in [0.15, 0.2) is 5.82 Å². The Labute approximate surface area is 191 Å². The number of benzene rings is 2. The Hall–Kier alpha value is -3.86. The van der Waals surface area contributed by atoms with Crippen LogP contribution >= 0.6 is 22.9 Å². The van der Waals surface area contributed by atoms with Gasteiger partial charge in [-0.15, -0.1) is 11.3 Å². The summed E-state index contributed by atoms with van der Waals surface area (Å²) in [4.78, 5) is 18.1. The van der Waals surface area contributed by atoms with E-state index in [-0.39, 0.29) is 5.56 Å². The second-order valence-electron chi connectivity index (χ2n) is 7.02. The van der Waals surface area contributed by atoms with Gasteiger partial charge in [0.25, 0.3) is 5.56 Å². The van der Waals surface area contributed by atoms with Crippen molar-refractivity contribution in [1.82, 2.24) is 14.1 Å². The summed E-state index contributed by atoms with van der Waals surface area (Å²) in [6, 6.07) is 20.4. The molecule has 2 aromatic carbocycles. The van der Waals surface area contributed by atoms with E-state index in [1.54, 1.807) is 48.7 Å². The quantitative estimate of drug-likeness (QED) is 0.414. The highest BCUT2D eigenvalue weighted by molar-refractivity contribution is 7.07. The predicted molar refractivity (Wildman–Crippen MR) is 125 cm³/mol. The minimum atomic E-state index is -0.254. The van der Waals surface area contributed by atoms with Gasteiger partial charge < -0.3 is 8.98 Å². The van der Waals surface area contributed by atoms with E-state index in [9.17, 15) is 10.1 Å². The molecule has 5 aromatic rings. The van der Waals surface area contributed by atoms with Crippen molar-refractivity contribution in [2.75, 3.05) is 0 Å². The number of furan rings is 1. The molecule has 0 N–H and O–H groups in total. The van der Waals surface area contributed by atoms with Gasteiger partial charge in [0, 0.05) is 18.1 Å². The molecule has 0 radical (unpaired) electrons. The standard InChI is InChI=1S/C24H15ClN4O2S/c1-28-20-7-3-2-6-19(20)27-22(28)18(14-26)24-29(16-10-8-15(25)9-11-16)23(30)21(32-24)13-17-5-4-12-31-17/h2-13H,1H3/b21-13-,24-18+. The molecule has 0 atom stereocenters. The molecule has 3 heterocycles. The summed E-state index contributed by atoms with van der Waals surface area (Å²) < 4.78 is 9.70. The maximum Gasteiger partial charge on any atom is 0.273 e. The van der Waals surface area contributed by atoms with Crippen LogP contribution in [0.2, 0.25) is 5.02 Å². The molecule has 0 fully saturated rings. The summed E-state index contributed by atoms with van der Waals surface area (Å²) in [6.07, 6.45) is 3.22. The number of halogens is 1. The van der Waals surface area contributed by atoms with E-state index in [4.69, 9.17) is 16.0 Å². The van der Waals surface area contributed by atoms with Crippen LogP contribution in [0.25, 0.3) is 28.4 Å². The zero-order valence-corrected chi connectivity index (χ0v) is 18.4. The Morgan fingerprint density at radius 3 is 2.62 bits per heavy atom. The van der Waals surface area contributed by atoms with Crippen LogP contribution in [-0.2, 0) is 7.05 Å². The Kier molecular flexibility index (Phi) is 5.02.